The number of rotatable bonds is 4. The summed E-state index contributed by atoms with van der Waals surface area (Å²) in [5.41, 5.74) is 0.113. The van der Waals surface area contributed by atoms with Crippen LogP contribution in [0.3, 0.4) is 0 Å². The fourth-order valence-electron chi connectivity index (χ4n) is 2.76. The maximum atomic E-state index is 12.6. The molecule has 0 unspecified atom stereocenters. The number of benzene rings is 2. The van der Waals surface area contributed by atoms with E-state index >= 15 is 0 Å². The van der Waals surface area contributed by atoms with Crippen LogP contribution >= 0.6 is 0 Å². The van der Waals surface area contributed by atoms with Gasteiger partial charge in [0.2, 0.25) is 5.76 Å². The third-order valence-electron chi connectivity index (χ3n) is 4.00. The molecule has 28 heavy (non-hydrogen) atoms. The van der Waals surface area contributed by atoms with E-state index in [-0.39, 0.29) is 22.7 Å². The first-order valence-corrected chi connectivity index (χ1v) is 8.12. The molecule has 138 valence electrons. The van der Waals surface area contributed by atoms with Crippen molar-refractivity contribution in [3.05, 3.63) is 93.0 Å². The lowest BCUT2D eigenvalue weighted by Crippen LogP contribution is -2.13. The molecule has 2 aromatic heterocycles. The van der Waals surface area contributed by atoms with Crippen molar-refractivity contribution in [1.82, 2.24) is 0 Å². The zero-order valence-corrected chi connectivity index (χ0v) is 14.2. The predicted octanol–water partition coefficient (Wildman–Crippen LogP) is 4.18. The average Bonchev–Trinajstić information content (AvgIpc) is 3.19. The Morgan fingerprint density at radius 1 is 0.929 bits per heavy atom. The number of para-hydroxylation sites is 1. The molecular weight excluding hydrogens is 366 g/mol. The monoisotopic (exact) mass is 377 g/mol. The van der Waals surface area contributed by atoms with Crippen LogP contribution in [0.4, 0.5) is 5.88 Å². The van der Waals surface area contributed by atoms with Gasteiger partial charge < -0.3 is 13.6 Å². The first kappa shape index (κ1) is 17.2. The van der Waals surface area contributed by atoms with Crippen molar-refractivity contribution in [2.45, 2.75) is 0 Å². The highest BCUT2D eigenvalue weighted by molar-refractivity contribution is 5.96. The van der Waals surface area contributed by atoms with Gasteiger partial charge >= 0.3 is 17.5 Å². The lowest BCUT2D eigenvalue weighted by atomic mass is 10.0. The molecule has 4 rings (SSSR count). The van der Waals surface area contributed by atoms with E-state index in [1.165, 1.54) is 0 Å². The summed E-state index contributed by atoms with van der Waals surface area (Å²) in [6.07, 6.45) is 0. The summed E-state index contributed by atoms with van der Waals surface area (Å²) < 4.78 is 15.7. The second kappa shape index (κ2) is 6.84. The van der Waals surface area contributed by atoms with Crippen molar-refractivity contribution in [2.75, 3.05) is 0 Å². The summed E-state index contributed by atoms with van der Waals surface area (Å²) in [5, 5.41) is 11.2. The Labute approximate surface area is 156 Å². The molecule has 8 nitrogen and oxygen atoms in total. The summed E-state index contributed by atoms with van der Waals surface area (Å²) >= 11 is 0. The SMILES string of the molecule is O=C(Oc1c(-c2ccccc2)c(=O)oc2ccccc12)c1ccc([N+](=O)[O-])o1. The minimum Gasteiger partial charge on any atom is -0.422 e. The Morgan fingerprint density at radius 2 is 1.64 bits per heavy atom. The van der Waals surface area contributed by atoms with Crippen LogP contribution in [0.1, 0.15) is 10.6 Å². The van der Waals surface area contributed by atoms with Crippen LogP contribution in [0.5, 0.6) is 5.75 Å². The molecule has 0 spiro atoms. The summed E-state index contributed by atoms with van der Waals surface area (Å²) in [6.45, 7) is 0. The van der Waals surface area contributed by atoms with Gasteiger partial charge in [0, 0.05) is 0 Å². The topological polar surface area (TPSA) is 113 Å². The van der Waals surface area contributed by atoms with Crippen LogP contribution in [0.2, 0.25) is 0 Å². The molecule has 8 heteroatoms. The molecule has 0 aliphatic rings. The molecule has 0 radical (unpaired) electrons. The van der Waals surface area contributed by atoms with E-state index in [0.717, 1.165) is 12.1 Å². The molecule has 0 atom stereocenters. The minimum atomic E-state index is -0.971. The first-order chi connectivity index (χ1) is 13.5. The molecule has 0 saturated heterocycles. The van der Waals surface area contributed by atoms with Crippen molar-refractivity contribution in [2.24, 2.45) is 0 Å². The van der Waals surface area contributed by atoms with Gasteiger partial charge in [-0.3, -0.25) is 10.1 Å². The zero-order chi connectivity index (χ0) is 19.7. The van der Waals surface area contributed by atoms with Crippen LogP contribution in [0, 0.1) is 10.1 Å². The number of furan rings is 1. The fourth-order valence-corrected chi connectivity index (χ4v) is 2.76. The Morgan fingerprint density at radius 3 is 2.36 bits per heavy atom. The van der Waals surface area contributed by atoms with E-state index < -0.39 is 22.4 Å². The Balaban J connectivity index is 1.87. The van der Waals surface area contributed by atoms with E-state index in [1.807, 2.05) is 0 Å². The number of hydrogen-bond acceptors (Lipinski definition) is 7. The van der Waals surface area contributed by atoms with E-state index in [0.29, 0.717) is 10.9 Å². The largest absolute Gasteiger partial charge is 0.433 e. The molecular formula is C20H11NO7. The zero-order valence-electron chi connectivity index (χ0n) is 14.2. The molecule has 0 aliphatic heterocycles. The number of nitro groups is 1. The molecule has 0 bridgehead atoms. The highest BCUT2D eigenvalue weighted by atomic mass is 16.7. The van der Waals surface area contributed by atoms with Gasteiger partial charge in [-0.25, -0.2) is 9.59 Å². The molecule has 2 heterocycles. The fraction of sp³-hybridized carbons (Fsp3) is 0. The number of hydrogen-bond donors (Lipinski definition) is 0. The summed E-state index contributed by atoms with van der Waals surface area (Å²) in [6, 6.07) is 17.4. The molecule has 0 amide bonds. The lowest BCUT2D eigenvalue weighted by Gasteiger charge is -2.11. The van der Waals surface area contributed by atoms with Crippen molar-refractivity contribution >= 4 is 22.8 Å². The Bertz CT molecular complexity index is 1250. The first-order valence-electron chi connectivity index (χ1n) is 8.12. The van der Waals surface area contributed by atoms with Gasteiger partial charge in [0.15, 0.2) is 5.75 Å². The molecule has 0 N–H and O–H groups in total. The van der Waals surface area contributed by atoms with Gasteiger partial charge in [-0.05, 0) is 23.8 Å². The maximum Gasteiger partial charge on any atom is 0.433 e. The van der Waals surface area contributed by atoms with Crippen LogP contribution < -0.4 is 10.4 Å². The highest BCUT2D eigenvalue weighted by Gasteiger charge is 2.24. The predicted molar refractivity (Wildman–Crippen MR) is 98.2 cm³/mol. The highest BCUT2D eigenvalue weighted by Crippen LogP contribution is 2.34. The summed E-state index contributed by atoms with van der Waals surface area (Å²) in [7, 11) is 0. The second-order valence-corrected chi connectivity index (χ2v) is 5.74. The molecule has 4 aromatic rings. The average molecular weight is 377 g/mol. The quantitative estimate of drug-likeness (QED) is 0.227. The van der Waals surface area contributed by atoms with E-state index in [4.69, 9.17) is 13.6 Å². The van der Waals surface area contributed by atoms with Gasteiger partial charge in [-0.15, -0.1) is 0 Å². The van der Waals surface area contributed by atoms with Crippen molar-refractivity contribution in [1.29, 1.82) is 0 Å². The molecule has 2 aromatic carbocycles. The van der Waals surface area contributed by atoms with Crippen LogP contribution in [0.25, 0.3) is 22.1 Å². The van der Waals surface area contributed by atoms with E-state index in [9.17, 15) is 19.7 Å². The number of ether oxygens (including phenoxy) is 1. The van der Waals surface area contributed by atoms with Gasteiger partial charge in [0.1, 0.15) is 16.1 Å². The smallest absolute Gasteiger partial charge is 0.422 e. The molecule has 0 fully saturated rings. The summed E-state index contributed by atoms with van der Waals surface area (Å²) in [5.74, 6) is -1.93. The Kier molecular flexibility index (Phi) is 4.21. The van der Waals surface area contributed by atoms with Gasteiger partial charge in [0.05, 0.1) is 11.5 Å². The number of nitrogens with zero attached hydrogens (tertiary/aromatic N) is 1. The standard InChI is InChI=1S/C20H11NO7/c22-19(15-10-11-16(26-15)21(24)25)28-18-13-8-4-5-9-14(13)27-20(23)17(18)12-6-2-1-3-7-12/h1-11H. The van der Waals surface area contributed by atoms with Crippen molar-refractivity contribution < 1.29 is 23.3 Å². The van der Waals surface area contributed by atoms with Crippen molar-refractivity contribution in [3.8, 4) is 16.9 Å². The number of carbonyl (C=O) groups is 1. The van der Waals surface area contributed by atoms with E-state index in [1.54, 1.807) is 54.6 Å². The third-order valence-corrected chi connectivity index (χ3v) is 4.00. The van der Waals surface area contributed by atoms with Gasteiger partial charge in [0.25, 0.3) is 0 Å². The number of esters is 1. The van der Waals surface area contributed by atoms with Crippen LogP contribution in [-0.4, -0.2) is 10.9 Å². The third kappa shape index (κ3) is 3.03. The van der Waals surface area contributed by atoms with Gasteiger partial charge in [-0.1, -0.05) is 42.5 Å². The van der Waals surface area contributed by atoms with E-state index in [2.05, 4.69) is 0 Å². The number of fused-ring (bicyclic) bond motifs is 1. The molecule has 0 saturated carbocycles. The lowest BCUT2D eigenvalue weighted by molar-refractivity contribution is -0.402. The number of carbonyl (C=O) groups excluding carboxylic acids is 1. The van der Waals surface area contributed by atoms with Crippen LogP contribution in [-0.2, 0) is 0 Å². The second-order valence-electron chi connectivity index (χ2n) is 5.74. The maximum absolute atomic E-state index is 12.6. The summed E-state index contributed by atoms with van der Waals surface area (Å²) in [4.78, 5) is 35.1. The normalized spacial score (nSPS) is 10.7. The van der Waals surface area contributed by atoms with Gasteiger partial charge in [-0.2, -0.15) is 0 Å². The minimum absolute atomic E-state index is 0.0119. The van der Waals surface area contributed by atoms with Crippen LogP contribution in [0.15, 0.2) is 80.4 Å². The molecule has 0 aliphatic carbocycles. The van der Waals surface area contributed by atoms with Crippen molar-refractivity contribution in [3.63, 3.8) is 0 Å². The Hall–Kier alpha value is -4.20.